The summed E-state index contributed by atoms with van der Waals surface area (Å²) in [5.74, 6) is 1.78. The fraction of sp³-hybridized carbons (Fsp3) is 0.444. The summed E-state index contributed by atoms with van der Waals surface area (Å²) in [7, 11) is 0. The molecule has 4 rings (SSSR count). The van der Waals surface area contributed by atoms with Crippen molar-refractivity contribution < 1.29 is 14.3 Å². The minimum absolute atomic E-state index is 0.234. The quantitative estimate of drug-likeness (QED) is 0.344. The summed E-state index contributed by atoms with van der Waals surface area (Å²) in [6.45, 7) is 3.78. The van der Waals surface area contributed by atoms with Crippen LogP contribution in [-0.4, -0.2) is 29.1 Å². The Balaban J connectivity index is 1.40. The van der Waals surface area contributed by atoms with E-state index in [9.17, 15) is 4.79 Å². The number of aromatic amines is 1. The lowest BCUT2D eigenvalue weighted by atomic mass is 10.1. The van der Waals surface area contributed by atoms with Gasteiger partial charge in [-0.3, -0.25) is 4.79 Å². The van der Waals surface area contributed by atoms with E-state index in [4.69, 9.17) is 9.47 Å². The minimum Gasteiger partial charge on any atom is -0.454 e. The molecule has 0 radical (unpaired) electrons. The Morgan fingerprint density at radius 2 is 1.81 bits per heavy atom. The van der Waals surface area contributed by atoms with E-state index < -0.39 is 0 Å². The van der Waals surface area contributed by atoms with E-state index in [1.165, 1.54) is 36.6 Å². The number of carbonyl (C=O) groups is 1. The molecule has 0 fully saturated rings. The molecule has 0 saturated heterocycles. The molecule has 5 nitrogen and oxygen atoms in total. The Morgan fingerprint density at radius 3 is 2.72 bits per heavy atom. The van der Waals surface area contributed by atoms with Gasteiger partial charge in [-0.05, 0) is 42.2 Å². The van der Waals surface area contributed by atoms with Gasteiger partial charge in [-0.2, -0.15) is 0 Å². The molecule has 1 aromatic heterocycles. The maximum atomic E-state index is 13.2. The van der Waals surface area contributed by atoms with Crippen molar-refractivity contribution in [3.05, 3.63) is 59.8 Å². The second kappa shape index (κ2) is 11.1. The summed E-state index contributed by atoms with van der Waals surface area (Å²) in [6.07, 6.45) is 10.6. The Kier molecular flexibility index (Phi) is 7.70. The highest BCUT2D eigenvalue weighted by Crippen LogP contribution is 2.33. The number of nitrogens with zero attached hydrogens (tertiary/aromatic N) is 1. The number of hydrogen-bond acceptors (Lipinski definition) is 3. The molecular formula is C27H34N2O3. The highest BCUT2D eigenvalue weighted by molar-refractivity contribution is 5.83. The van der Waals surface area contributed by atoms with Crippen LogP contribution >= 0.6 is 0 Å². The van der Waals surface area contributed by atoms with Gasteiger partial charge < -0.3 is 19.4 Å². The number of amides is 1. The lowest BCUT2D eigenvalue weighted by Gasteiger charge is -2.23. The summed E-state index contributed by atoms with van der Waals surface area (Å²) in [5, 5.41) is 1.24. The van der Waals surface area contributed by atoms with Gasteiger partial charge in [0.15, 0.2) is 11.5 Å². The van der Waals surface area contributed by atoms with Gasteiger partial charge in [-0.1, -0.05) is 63.3 Å². The first-order chi connectivity index (χ1) is 15.7. The first kappa shape index (κ1) is 22.3. The number of benzene rings is 2. The van der Waals surface area contributed by atoms with Crippen LogP contribution in [0.5, 0.6) is 11.5 Å². The minimum atomic E-state index is 0.234. The smallest absolute Gasteiger partial charge is 0.231 e. The van der Waals surface area contributed by atoms with E-state index in [1.807, 2.05) is 29.2 Å². The highest BCUT2D eigenvalue weighted by atomic mass is 16.7. The van der Waals surface area contributed by atoms with Crippen LogP contribution in [0, 0.1) is 0 Å². The summed E-state index contributed by atoms with van der Waals surface area (Å²) in [6, 6.07) is 14.3. The molecular weight excluding hydrogens is 400 g/mol. The van der Waals surface area contributed by atoms with E-state index in [0.29, 0.717) is 19.5 Å². The Bertz CT molecular complexity index is 1030. The average molecular weight is 435 g/mol. The molecule has 32 heavy (non-hydrogen) atoms. The SMILES string of the molecule is CCCCCCCCC(=O)N(CCc1c[nH]c2ccccc12)Cc1ccc2c(c1)OCO2. The molecule has 0 unspecified atom stereocenters. The second-order valence-corrected chi connectivity index (χ2v) is 8.63. The zero-order valence-electron chi connectivity index (χ0n) is 19.1. The first-order valence-corrected chi connectivity index (χ1v) is 12.0. The van der Waals surface area contributed by atoms with Crippen molar-refractivity contribution in [3.8, 4) is 11.5 Å². The third kappa shape index (κ3) is 5.64. The summed E-state index contributed by atoms with van der Waals surface area (Å²) in [4.78, 5) is 18.5. The Hall–Kier alpha value is -2.95. The van der Waals surface area contributed by atoms with Crippen molar-refractivity contribution in [2.75, 3.05) is 13.3 Å². The number of nitrogens with one attached hydrogen (secondary N) is 1. The van der Waals surface area contributed by atoms with Crippen molar-refractivity contribution in [2.45, 2.75) is 64.8 Å². The van der Waals surface area contributed by atoms with Crippen LogP contribution < -0.4 is 9.47 Å². The lowest BCUT2D eigenvalue weighted by Crippen LogP contribution is -2.32. The number of rotatable bonds is 12. The van der Waals surface area contributed by atoms with Gasteiger partial charge in [-0.15, -0.1) is 0 Å². The van der Waals surface area contributed by atoms with E-state index in [0.717, 1.165) is 41.8 Å². The van der Waals surface area contributed by atoms with Crippen molar-refractivity contribution in [1.82, 2.24) is 9.88 Å². The molecule has 1 N–H and O–H groups in total. The molecule has 0 atom stereocenters. The van der Waals surface area contributed by atoms with Gasteiger partial charge in [0.2, 0.25) is 12.7 Å². The first-order valence-electron chi connectivity index (χ1n) is 12.0. The maximum absolute atomic E-state index is 13.2. The van der Waals surface area contributed by atoms with Crippen molar-refractivity contribution >= 4 is 16.8 Å². The number of para-hydroxylation sites is 1. The van der Waals surface area contributed by atoms with Crippen molar-refractivity contribution in [3.63, 3.8) is 0 Å². The molecule has 3 aromatic rings. The largest absolute Gasteiger partial charge is 0.454 e. The Morgan fingerprint density at radius 1 is 1.00 bits per heavy atom. The predicted molar refractivity (Wildman–Crippen MR) is 128 cm³/mol. The number of hydrogen-bond donors (Lipinski definition) is 1. The molecule has 0 spiro atoms. The number of carbonyl (C=O) groups excluding carboxylic acids is 1. The molecule has 1 aliphatic rings. The molecule has 1 amide bonds. The number of H-pyrrole nitrogens is 1. The summed E-state index contributed by atoms with van der Waals surface area (Å²) >= 11 is 0. The maximum Gasteiger partial charge on any atom is 0.231 e. The van der Waals surface area contributed by atoms with Crippen LogP contribution in [0.1, 0.15) is 63.0 Å². The van der Waals surface area contributed by atoms with Crippen molar-refractivity contribution in [2.24, 2.45) is 0 Å². The van der Waals surface area contributed by atoms with Crippen LogP contribution in [0.15, 0.2) is 48.7 Å². The molecule has 0 saturated carbocycles. The van der Waals surface area contributed by atoms with Gasteiger partial charge in [0.05, 0.1) is 0 Å². The van der Waals surface area contributed by atoms with Crippen LogP contribution in [0.2, 0.25) is 0 Å². The van der Waals surface area contributed by atoms with E-state index in [1.54, 1.807) is 0 Å². The third-order valence-corrected chi connectivity index (χ3v) is 6.23. The number of unbranched alkanes of at least 4 members (excludes halogenated alkanes) is 5. The third-order valence-electron chi connectivity index (χ3n) is 6.23. The highest BCUT2D eigenvalue weighted by Gasteiger charge is 2.18. The van der Waals surface area contributed by atoms with Gasteiger partial charge in [0.1, 0.15) is 0 Å². The molecule has 1 aliphatic heterocycles. The van der Waals surface area contributed by atoms with E-state index in [-0.39, 0.29) is 12.7 Å². The molecule has 0 bridgehead atoms. The van der Waals surface area contributed by atoms with Gasteiger partial charge in [0, 0.05) is 36.6 Å². The Labute approximate surface area is 190 Å². The molecule has 2 aromatic carbocycles. The normalized spacial score (nSPS) is 12.4. The second-order valence-electron chi connectivity index (χ2n) is 8.63. The van der Waals surface area contributed by atoms with Gasteiger partial charge in [-0.25, -0.2) is 0 Å². The number of fused-ring (bicyclic) bond motifs is 2. The zero-order valence-corrected chi connectivity index (χ0v) is 19.1. The monoisotopic (exact) mass is 434 g/mol. The van der Waals surface area contributed by atoms with Gasteiger partial charge >= 0.3 is 0 Å². The van der Waals surface area contributed by atoms with Crippen LogP contribution in [0.4, 0.5) is 0 Å². The van der Waals surface area contributed by atoms with Crippen LogP contribution in [-0.2, 0) is 17.8 Å². The molecule has 2 heterocycles. The van der Waals surface area contributed by atoms with Crippen molar-refractivity contribution in [1.29, 1.82) is 0 Å². The van der Waals surface area contributed by atoms with Gasteiger partial charge in [0.25, 0.3) is 0 Å². The van der Waals surface area contributed by atoms with E-state index >= 15 is 0 Å². The standard InChI is InChI=1S/C27H34N2O3/c1-2-3-4-5-6-7-12-27(30)29(19-21-13-14-25-26(17-21)32-20-31-25)16-15-22-18-28-24-11-9-8-10-23(22)24/h8-11,13-14,17-18,28H,2-7,12,15-16,19-20H2,1H3. The number of aromatic nitrogens is 1. The molecule has 0 aliphatic carbocycles. The molecule has 170 valence electrons. The van der Waals surface area contributed by atoms with Crippen LogP contribution in [0.3, 0.4) is 0 Å². The topological polar surface area (TPSA) is 54.6 Å². The number of ether oxygens (including phenoxy) is 2. The fourth-order valence-corrected chi connectivity index (χ4v) is 4.36. The molecule has 5 heteroatoms. The average Bonchev–Trinajstić information content (AvgIpc) is 3.45. The predicted octanol–water partition coefficient (Wildman–Crippen LogP) is 6.22. The fourth-order valence-electron chi connectivity index (χ4n) is 4.36. The lowest BCUT2D eigenvalue weighted by molar-refractivity contribution is -0.131. The summed E-state index contributed by atoms with van der Waals surface area (Å²) in [5.41, 5.74) is 3.47. The van der Waals surface area contributed by atoms with E-state index in [2.05, 4.69) is 36.3 Å². The van der Waals surface area contributed by atoms with Crippen LogP contribution in [0.25, 0.3) is 10.9 Å². The zero-order chi connectivity index (χ0) is 22.2. The summed E-state index contributed by atoms with van der Waals surface area (Å²) < 4.78 is 11.0.